The highest BCUT2D eigenvalue weighted by Gasteiger charge is 2.18. The van der Waals surface area contributed by atoms with Crippen molar-refractivity contribution in [3.05, 3.63) is 26.7 Å². The van der Waals surface area contributed by atoms with Gasteiger partial charge in [0, 0.05) is 21.1 Å². The molecule has 0 saturated carbocycles. The smallest absolute Gasteiger partial charge is 0.324 e. The molecule has 2 heterocycles. The van der Waals surface area contributed by atoms with Crippen molar-refractivity contribution < 1.29 is 0 Å². The normalized spacial score (nSPS) is 11.8. The van der Waals surface area contributed by atoms with Gasteiger partial charge in [-0.15, -0.1) is 0 Å². The summed E-state index contributed by atoms with van der Waals surface area (Å²) in [6, 6.07) is 0. The predicted octanol–water partition coefficient (Wildman–Crippen LogP) is 1.37. The Kier molecular flexibility index (Phi) is 5.99. The number of unbranched alkanes of at least 4 members (excludes halogenated alkanes) is 2. The summed E-state index contributed by atoms with van der Waals surface area (Å²) < 4.78 is 4.42. The summed E-state index contributed by atoms with van der Waals surface area (Å²) in [5.74, 6) is 0.829. The quantitative estimate of drug-likeness (QED) is 0.731. The molecule has 0 atom stereocenters. The second-order valence-corrected chi connectivity index (χ2v) is 6.45. The van der Waals surface area contributed by atoms with E-state index in [1.807, 2.05) is 11.6 Å². The standard InChI is InChI=1S/C17H29N5O2/c1-6-8-10-22(11-9-7-2)12-13-18-15-14(19(13)3)16(23)21(5)17(24)20(15)4/h6-12H2,1-5H3. The van der Waals surface area contributed by atoms with E-state index in [9.17, 15) is 9.59 Å². The van der Waals surface area contributed by atoms with Gasteiger partial charge in [-0.25, -0.2) is 9.78 Å². The Morgan fingerprint density at radius 3 is 2.04 bits per heavy atom. The maximum absolute atomic E-state index is 12.4. The van der Waals surface area contributed by atoms with Gasteiger partial charge in [0.25, 0.3) is 5.56 Å². The van der Waals surface area contributed by atoms with Gasteiger partial charge in [0.15, 0.2) is 11.2 Å². The van der Waals surface area contributed by atoms with Gasteiger partial charge in [-0.2, -0.15) is 0 Å². The molecule has 7 nitrogen and oxygen atoms in total. The van der Waals surface area contributed by atoms with Gasteiger partial charge >= 0.3 is 5.69 Å². The van der Waals surface area contributed by atoms with Gasteiger partial charge < -0.3 is 4.57 Å². The molecule has 0 unspecified atom stereocenters. The third-order valence-corrected chi connectivity index (χ3v) is 4.59. The lowest BCUT2D eigenvalue weighted by Crippen LogP contribution is -2.37. The minimum absolute atomic E-state index is 0.289. The van der Waals surface area contributed by atoms with Crippen molar-refractivity contribution in [3.63, 3.8) is 0 Å². The van der Waals surface area contributed by atoms with Crippen LogP contribution in [0.1, 0.15) is 45.4 Å². The monoisotopic (exact) mass is 335 g/mol. The van der Waals surface area contributed by atoms with Gasteiger partial charge in [0.1, 0.15) is 5.82 Å². The molecule has 0 fully saturated rings. The Labute approximate surface area is 142 Å². The van der Waals surface area contributed by atoms with Crippen LogP contribution in [0.25, 0.3) is 11.2 Å². The summed E-state index contributed by atoms with van der Waals surface area (Å²) >= 11 is 0. The molecule has 0 radical (unpaired) electrons. The van der Waals surface area contributed by atoms with Crippen LogP contribution in [-0.4, -0.2) is 36.7 Å². The molecular weight excluding hydrogens is 306 g/mol. The van der Waals surface area contributed by atoms with E-state index in [1.165, 1.54) is 11.6 Å². The van der Waals surface area contributed by atoms with Crippen LogP contribution in [0.15, 0.2) is 9.59 Å². The Morgan fingerprint density at radius 2 is 1.50 bits per heavy atom. The maximum Gasteiger partial charge on any atom is 0.332 e. The predicted molar refractivity (Wildman–Crippen MR) is 96.3 cm³/mol. The summed E-state index contributed by atoms with van der Waals surface area (Å²) in [7, 11) is 5.02. The highest BCUT2D eigenvalue weighted by atomic mass is 16.2. The minimum Gasteiger partial charge on any atom is -0.324 e. The molecule has 0 amide bonds. The number of hydrogen-bond donors (Lipinski definition) is 0. The third kappa shape index (κ3) is 3.45. The summed E-state index contributed by atoms with van der Waals surface area (Å²) in [6.45, 7) is 7.12. The van der Waals surface area contributed by atoms with Crippen molar-refractivity contribution in [2.75, 3.05) is 13.1 Å². The molecule has 0 aromatic carbocycles. The van der Waals surface area contributed by atoms with Gasteiger partial charge in [0.05, 0.1) is 6.54 Å². The molecular formula is C17H29N5O2. The van der Waals surface area contributed by atoms with Crippen LogP contribution in [0, 0.1) is 0 Å². The SMILES string of the molecule is CCCCN(CCCC)Cc1nc2c(c(=O)n(C)c(=O)n2C)n1C. The van der Waals surface area contributed by atoms with Crippen LogP contribution in [0.3, 0.4) is 0 Å². The van der Waals surface area contributed by atoms with Crippen LogP contribution in [0.4, 0.5) is 0 Å². The third-order valence-electron chi connectivity index (χ3n) is 4.59. The topological polar surface area (TPSA) is 65.1 Å². The molecule has 2 rings (SSSR count). The first-order chi connectivity index (χ1) is 11.4. The second-order valence-electron chi connectivity index (χ2n) is 6.45. The number of rotatable bonds is 8. The number of fused-ring (bicyclic) bond motifs is 1. The lowest BCUT2D eigenvalue weighted by atomic mass is 10.2. The van der Waals surface area contributed by atoms with E-state index in [2.05, 4.69) is 23.7 Å². The molecule has 2 aromatic rings. The van der Waals surface area contributed by atoms with Crippen molar-refractivity contribution in [1.29, 1.82) is 0 Å². The second kappa shape index (κ2) is 7.79. The van der Waals surface area contributed by atoms with Crippen molar-refractivity contribution >= 4 is 11.2 Å². The average Bonchev–Trinajstić information content (AvgIpc) is 2.90. The number of imidazole rings is 1. The minimum atomic E-state index is -0.342. The molecule has 0 aliphatic heterocycles. The summed E-state index contributed by atoms with van der Waals surface area (Å²) in [5.41, 5.74) is 0.320. The number of aromatic nitrogens is 4. The zero-order valence-corrected chi connectivity index (χ0v) is 15.5. The van der Waals surface area contributed by atoms with Gasteiger partial charge in [-0.05, 0) is 25.9 Å². The molecule has 0 spiro atoms. The lowest BCUT2D eigenvalue weighted by molar-refractivity contribution is 0.249. The van der Waals surface area contributed by atoms with E-state index in [0.717, 1.165) is 49.2 Å². The van der Waals surface area contributed by atoms with Crippen molar-refractivity contribution in [3.8, 4) is 0 Å². The first-order valence-corrected chi connectivity index (χ1v) is 8.76. The molecule has 2 aromatic heterocycles. The number of nitrogens with zero attached hydrogens (tertiary/aromatic N) is 5. The van der Waals surface area contributed by atoms with E-state index in [-0.39, 0.29) is 11.2 Å². The van der Waals surface area contributed by atoms with Crippen molar-refractivity contribution in [2.45, 2.75) is 46.1 Å². The Bertz CT molecular complexity index is 807. The fourth-order valence-electron chi connectivity index (χ4n) is 2.94. The zero-order valence-electron chi connectivity index (χ0n) is 15.5. The van der Waals surface area contributed by atoms with Crippen molar-refractivity contribution in [1.82, 2.24) is 23.6 Å². The summed E-state index contributed by atoms with van der Waals surface area (Å²) in [5, 5.41) is 0. The molecule has 134 valence electrons. The molecule has 0 aliphatic rings. The van der Waals surface area contributed by atoms with Crippen LogP contribution in [0.5, 0.6) is 0 Å². The Balaban J connectivity index is 2.43. The molecule has 24 heavy (non-hydrogen) atoms. The van der Waals surface area contributed by atoms with Gasteiger partial charge in [0.2, 0.25) is 0 Å². The first kappa shape index (κ1) is 18.4. The van der Waals surface area contributed by atoms with E-state index >= 15 is 0 Å². The lowest BCUT2D eigenvalue weighted by Gasteiger charge is -2.21. The highest BCUT2D eigenvalue weighted by Crippen LogP contribution is 2.12. The highest BCUT2D eigenvalue weighted by molar-refractivity contribution is 5.70. The largest absolute Gasteiger partial charge is 0.332 e. The van der Waals surface area contributed by atoms with Gasteiger partial charge in [-0.3, -0.25) is 18.8 Å². The van der Waals surface area contributed by atoms with Crippen LogP contribution >= 0.6 is 0 Å². The molecule has 0 saturated heterocycles. The Morgan fingerprint density at radius 1 is 0.917 bits per heavy atom. The number of hydrogen-bond acceptors (Lipinski definition) is 4. The van der Waals surface area contributed by atoms with Crippen molar-refractivity contribution in [2.24, 2.45) is 21.1 Å². The fraction of sp³-hybridized carbons (Fsp3) is 0.706. The van der Waals surface area contributed by atoms with E-state index < -0.39 is 0 Å². The van der Waals surface area contributed by atoms with Crippen LogP contribution < -0.4 is 11.2 Å². The molecule has 0 N–H and O–H groups in total. The fourth-order valence-corrected chi connectivity index (χ4v) is 2.94. The zero-order chi connectivity index (χ0) is 17.9. The number of aryl methyl sites for hydroxylation is 2. The Hall–Kier alpha value is -1.89. The molecule has 0 aliphatic carbocycles. The molecule has 7 heteroatoms. The average molecular weight is 335 g/mol. The first-order valence-electron chi connectivity index (χ1n) is 8.76. The summed E-state index contributed by atoms with van der Waals surface area (Å²) in [6.07, 6.45) is 4.60. The molecule has 0 bridgehead atoms. The van der Waals surface area contributed by atoms with Crippen LogP contribution in [-0.2, 0) is 27.7 Å². The van der Waals surface area contributed by atoms with E-state index in [1.54, 1.807) is 7.05 Å². The van der Waals surface area contributed by atoms with E-state index in [4.69, 9.17) is 0 Å². The van der Waals surface area contributed by atoms with Gasteiger partial charge in [-0.1, -0.05) is 26.7 Å². The maximum atomic E-state index is 12.4. The van der Waals surface area contributed by atoms with Crippen LogP contribution in [0.2, 0.25) is 0 Å². The van der Waals surface area contributed by atoms with E-state index in [0.29, 0.717) is 17.7 Å². The summed E-state index contributed by atoms with van der Waals surface area (Å²) in [4.78, 5) is 31.5.